The van der Waals surface area contributed by atoms with Crippen LogP contribution in [0.2, 0.25) is 0 Å². The minimum atomic E-state index is -0.216. The zero-order valence-electron chi connectivity index (χ0n) is 14.7. The third-order valence-corrected chi connectivity index (χ3v) is 3.69. The summed E-state index contributed by atoms with van der Waals surface area (Å²) in [5.41, 5.74) is 2.00. The molecule has 3 rings (SSSR count). The first-order valence-electron chi connectivity index (χ1n) is 8.43. The van der Waals surface area contributed by atoms with E-state index in [9.17, 15) is 4.79 Å². The van der Waals surface area contributed by atoms with Crippen LogP contribution in [-0.2, 0) is 6.61 Å². The predicted molar refractivity (Wildman–Crippen MR) is 100 cm³/mol. The number of rotatable bonds is 6. The fourth-order valence-corrected chi connectivity index (χ4v) is 2.55. The lowest BCUT2D eigenvalue weighted by molar-refractivity contribution is 0.102. The van der Waals surface area contributed by atoms with Gasteiger partial charge in [0.2, 0.25) is 0 Å². The van der Waals surface area contributed by atoms with Crippen LogP contribution in [0.15, 0.2) is 65.1 Å². The van der Waals surface area contributed by atoms with Gasteiger partial charge >= 0.3 is 0 Å². The highest BCUT2D eigenvalue weighted by molar-refractivity contribution is 6.04. The Bertz CT molecular complexity index is 898. The van der Waals surface area contributed by atoms with Crippen LogP contribution in [0.1, 0.15) is 30.0 Å². The van der Waals surface area contributed by atoms with Crippen molar-refractivity contribution in [3.8, 4) is 17.1 Å². The number of anilines is 1. The zero-order valence-corrected chi connectivity index (χ0v) is 14.7. The Morgan fingerprint density at radius 3 is 2.65 bits per heavy atom. The average molecular weight is 351 g/mol. The maximum atomic E-state index is 12.5. The van der Waals surface area contributed by atoms with Gasteiger partial charge in [0.15, 0.2) is 0 Å². The molecule has 0 radical (unpaired) electrons. The first-order valence-corrected chi connectivity index (χ1v) is 8.43. The SMILES string of the molecule is CC(C)Oc1cccc(C(=O)Nc2cccc(-c3ccc(CO)o3)c2)c1. The summed E-state index contributed by atoms with van der Waals surface area (Å²) in [6.07, 6.45) is 0.0436. The molecule has 1 aromatic heterocycles. The van der Waals surface area contributed by atoms with Crippen molar-refractivity contribution in [2.75, 3.05) is 5.32 Å². The van der Waals surface area contributed by atoms with E-state index in [0.717, 1.165) is 5.56 Å². The lowest BCUT2D eigenvalue weighted by Crippen LogP contribution is -2.12. The van der Waals surface area contributed by atoms with Gasteiger partial charge in [-0.3, -0.25) is 4.79 Å². The van der Waals surface area contributed by atoms with Gasteiger partial charge in [0.25, 0.3) is 5.91 Å². The summed E-state index contributed by atoms with van der Waals surface area (Å²) in [5.74, 6) is 1.58. The second-order valence-corrected chi connectivity index (χ2v) is 6.15. The van der Waals surface area contributed by atoms with Crippen molar-refractivity contribution in [2.24, 2.45) is 0 Å². The largest absolute Gasteiger partial charge is 0.491 e. The highest BCUT2D eigenvalue weighted by atomic mass is 16.5. The Hall–Kier alpha value is -3.05. The summed E-state index contributed by atoms with van der Waals surface area (Å²) >= 11 is 0. The van der Waals surface area contributed by atoms with Gasteiger partial charge in [-0.05, 0) is 56.3 Å². The Balaban J connectivity index is 1.76. The molecule has 0 unspecified atom stereocenters. The van der Waals surface area contributed by atoms with E-state index in [-0.39, 0.29) is 18.6 Å². The normalized spacial score (nSPS) is 10.8. The Morgan fingerprint density at radius 1 is 1.12 bits per heavy atom. The number of hydrogen-bond donors (Lipinski definition) is 2. The van der Waals surface area contributed by atoms with Crippen molar-refractivity contribution in [3.63, 3.8) is 0 Å². The third kappa shape index (κ3) is 4.32. The quantitative estimate of drug-likeness (QED) is 0.687. The van der Waals surface area contributed by atoms with Crippen molar-refractivity contribution in [1.82, 2.24) is 0 Å². The fraction of sp³-hybridized carbons (Fsp3) is 0.190. The maximum absolute atomic E-state index is 12.5. The van der Waals surface area contributed by atoms with Crippen LogP contribution in [0, 0.1) is 0 Å². The number of hydrogen-bond acceptors (Lipinski definition) is 4. The summed E-state index contributed by atoms with van der Waals surface area (Å²) in [5, 5.41) is 12.0. The standard InChI is InChI=1S/C21H21NO4/c1-14(2)25-18-8-4-6-16(12-18)21(24)22-17-7-3-5-15(11-17)20-10-9-19(13-23)26-20/h3-12,14,23H,13H2,1-2H3,(H,22,24). The van der Waals surface area contributed by atoms with E-state index >= 15 is 0 Å². The molecule has 2 aromatic carbocycles. The number of carbonyl (C=O) groups excluding carboxylic acids is 1. The molecule has 1 heterocycles. The summed E-state index contributed by atoms with van der Waals surface area (Å²) in [4.78, 5) is 12.5. The van der Waals surface area contributed by atoms with E-state index in [4.69, 9.17) is 14.3 Å². The molecule has 2 N–H and O–H groups in total. The first kappa shape index (κ1) is 17.8. The van der Waals surface area contributed by atoms with Crippen LogP contribution in [0.4, 0.5) is 5.69 Å². The Labute approximate surface area is 152 Å². The molecule has 5 heteroatoms. The van der Waals surface area contributed by atoms with Crippen LogP contribution >= 0.6 is 0 Å². The minimum Gasteiger partial charge on any atom is -0.491 e. The van der Waals surface area contributed by atoms with Crippen molar-refractivity contribution in [1.29, 1.82) is 0 Å². The molecular formula is C21H21NO4. The van der Waals surface area contributed by atoms with E-state index in [2.05, 4.69) is 5.32 Å². The second kappa shape index (κ2) is 7.89. The van der Waals surface area contributed by atoms with Gasteiger partial charge < -0.3 is 19.6 Å². The van der Waals surface area contributed by atoms with Gasteiger partial charge in [0.1, 0.15) is 23.9 Å². The third-order valence-electron chi connectivity index (χ3n) is 3.69. The molecule has 0 fully saturated rings. The molecule has 26 heavy (non-hydrogen) atoms. The topological polar surface area (TPSA) is 71.7 Å². The number of furan rings is 1. The second-order valence-electron chi connectivity index (χ2n) is 6.15. The smallest absolute Gasteiger partial charge is 0.255 e. The van der Waals surface area contributed by atoms with Gasteiger partial charge in [0, 0.05) is 16.8 Å². The fourth-order valence-electron chi connectivity index (χ4n) is 2.55. The summed E-state index contributed by atoms with van der Waals surface area (Å²) < 4.78 is 11.2. The molecule has 0 aliphatic heterocycles. The van der Waals surface area contributed by atoms with Crippen LogP contribution in [0.3, 0.4) is 0 Å². The van der Waals surface area contributed by atoms with Crippen LogP contribution in [0.25, 0.3) is 11.3 Å². The van der Waals surface area contributed by atoms with Gasteiger partial charge in [-0.15, -0.1) is 0 Å². The minimum absolute atomic E-state index is 0.0436. The van der Waals surface area contributed by atoms with Gasteiger partial charge in [-0.25, -0.2) is 0 Å². The van der Waals surface area contributed by atoms with E-state index in [1.54, 1.807) is 30.3 Å². The van der Waals surface area contributed by atoms with Crippen LogP contribution in [0.5, 0.6) is 5.75 Å². The summed E-state index contributed by atoms with van der Waals surface area (Å²) in [6, 6.07) is 18.0. The maximum Gasteiger partial charge on any atom is 0.255 e. The molecule has 1 amide bonds. The van der Waals surface area contributed by atoms with Crippen molar-refractivity contribution < 1.29 is 19.1 Å². The number of nitrogens with one attached hydrogen (secondary N) is 1. The summed E-state index contributed by atoms with van der Waals surface area (Å²) in [6.45, 7) is 3.73. The zero-order chi connectivity index (χ0) is 18.5. The number of aliphatic hydroxyl groups is 1. The first-order chi connectivity index (χ1) is 12.5. The number of aliphatic hydroxyl groups excluding tert-OH is 1. The van der Waals surface area contributed by atoms with Gasteiger partial charge in [-0.1, -0.05) is 18.2 Å². The summed E-state index contributed by atoms with van der Waals surface area (Å²) in [7, 11) is 0. The van der Waals surface area contributed by atoms with Gasteiger partial charge in [-0.2, -0.15) is 0 Å². The van der Waals surface area contributed by atoms with Crippen molar-refractivity contribution in [3.05, 3.63) is 72.0 Å². The highest BCUT2D eigenvalue weighted by Gasteiger charge is 2.10. The van der Waals surface area contributed by atoms with Crippen molar-refractivity contribution in [2.45, 2.75) is 26.6 Å². The Kier molecular flexibility index (Phi) is 5.39. The number of benzene rings is 2. The lowest BCUT2D eigenvalue weighted by atomic mass is 10.1. The molecule has 3 aromatic rings. The predicted octanol–water partition coefficient (Wildman–Crippen LogP) is 4.48. The van der Waals surface area contributed by atoms with Crippen LogP contribution in [-0.4, -0.2) is 17.1 Å². The Morgan fingerprint density at radius 2 is 1.92 bits per heavy atom. The molecule has 0 saturated carbocycles. The van der Waals surface area contributed by atoms with E-state index < -0.39 is 0 Å². The monoisotopic (exact) mass is 351 g/mol. The lowest BCUT2D eigenvalue weighted by Gasteiger charge is -2.11. The van der Waals surface area contributed by atoms with E-state index in [1.807, 2.05) is 44.2 Å². The number of carbonyl (C=O) groups is 1. The molecule has 0 spiro atoms. The van der Waals surface area contributed by atoms with E-state index in [1.165, 1.54) is 0 Å². The van der Waals surface area contributed by atoms with E-state index in [0.29, 0.717) is 28.5 Å². The van der Waals surface area contributed by atoms with Crippen molar-refractivity contribution >= 4 is 11.6 Å². The average Bonchev–Trinajstić information content (AvgIpc) is 3.11. The molecule has 0 aliphatic rings. The molecule has 0 aliphatic carbocycles. The molecule has 5 nitrogen and oxygen atoms in total. The number of ether oxygens (including phenoxy) is 1. The molecular weight excluding hydrogens is 330 g/mol. The highest BCUT2D eigenvalue weighted by Crippen LogP contribution is 2.25. The molecule has 0 bridgehead atoms. The molecule has 0 saturated heterocycles. The molecule has 0 atom stereocenters. The number of amides is 1. The van der Waals surface area contributed by atoms with Crippen LogP contribution < -0.4 is 10.1 Å². The molecule has 134 valence electrons. The van der Waals surface area contributed by atoms with Gasteiger partial charge in [0.05, 0.1) is 6.10 Å².